The summed E-state index contributed by atoms with van der Waals surface area (Å²) < 4.78 is 37.4. The number of benzene rings is 1. The standard InChI is InChI=1S/C15H14F3NOS/c1-2-12(20)11-5-3-4-6-13(11)21-14-8-7-10(9-19-14)15(16,17)18/h3-9,12,20H,2H2,1H3. The maximum atomic E-state index is 12.5. The molecule has 1 N–H and O–H groups in total. The van der Waals surface area contributed by atoms with Crippen molar-refractivity contribution in [3.05, 3.63) is 53.7 Å². The van der Waals surface area contributed by atoms with Gasteiger partial charge in [0.1, 0.15) is 5.03 Å². The zero-order valence-electron chi connectivity index (χ0n) is 11.3. The van der Waals surface area contributed by atoms with Crippen molar-refractivity contribution in [3.8, 4) is 0 Å². The number of aliphatic hydroxyl groups is 1. The van der Waals surface area contributed by atoms with Crippen LogP contribution in [0.2, 0.25) is 0 Å². The van der Waals surface area contributed by atoms with Crippen LogP contribution >= 0.6 is 11.8 Å². The third-order valence-corrected chi connectivity index (χ3v) is 3.99. The number of hydrogen-bond donors (Lipinski definition) is 1. The first kappa shape index (κ1) is 15.9. The average Bonchev–Trinajstić information content (AvgIpc) is 2.46. The second kappa shape index (κ2) is 6.49. The highest BCUT2D eigenvalue weighted by Gasteiger charge is 2.30. The van der Waals surface area contributed by atoms with Gasteiger partial charge in [0.25, 0.3) is 0 Å². The summed E-state index contributed by atoms with van der Waals surface area (Å²) in [5, 5.41) is 10.4. The monoisotopic (exact) mass is 313 g/mol. The number of nitrogens with zero attached hydrogens (tertiary/aromatic N) is 1. The molecule has 0 aliphatic carbocycles. The summed E-state index contributed by atoms with van der Waals surface area (Å²) in [6.07, 6.45) is -3.59. The first-order valence-corrected chi connectivity index (χ1v) is 7.21. The summed E-state index contributed by atoms with van der Waals surface area (Å²) >= 11 is 1.24. The molecule has 0 amide bonds. The fraction of sp³-hybridized carbons (Fsp3) is 0.267. The number of rotatable bonds is 4. The van der Waals surface area contributed by atoms with Gasteiger partial charge in [-0.3, -0.25) is 0 Å². The van der Waals surface area contributed by atoms with Gasteiger partial charge >= 0.3 is 6.18 Å². The highest BCUT2D eigenvalue weighted by Crippen LogP contribution is 2.34. The second-order valence-corrected chi connectivity index (χ2v) is 5.51. The van der Waals surface area contributed by atoms with E-state index in [2.05, 4.69) is 4.98 Å². The van der Waals surface area contributed by atoms with E-state index in [0.29, 0.717) is 11.4 Å². The molecule has 1 aromatic heterocycles. The summed E-state index contributed by atoms with van der Waals surface area (Å²) in [6, 6.07) is 9.60. The molecular weight excluding hydrogens is 299 g/mol. The Hall–Kier alpha value is -1.53. The molecule has 0 bridgehead atoms. The Morgan fingerprint density at radius 3 is 2.48 bits per heavy atom. The lowest BCUT2D eigenvalue weighted by Crippen LogP contribution is -2.05. The van der Waals surface area contributed by atoms with E-state index in [0.717, 1.165) is 22.7 Å². The first-order valence-electron chi connectivity index (χ1n) is 6.40. The maximum absolute atomic E-state index is 12.5. The van der Waals surface area contributed by atoms with E-state index >= 15 is 0 Å². The summed E-state index contributed by atoms with van der Waals surface area (Å²) in [5.74, 6) is 0. The van der Waals surface area contributed by atoms with Crippen LogP contribution in [0.25, 0.3) is 0 Å². The number of alkyl halides is 3. The number of pyridine rings is 1. The Kier molecular flexibility index (Phi) is 4.90. The molecule has 0 radical (unpaired) electrons. The molecule has 0 fully saturated rings. The molecule has 0 saturated carbocycles. The Labute approximate surface area is 125 Å². The average molecular weight is 313 g/mol. The molecule has 1 atom stereocenters. The Bertz CT molecular complexity index is 599. The molecule has 21 heavy (non-hydrogen) atoms. The zero-order chi connectivity index (χ0) is 15.5. The van der Waals surface area contributed by atoms with Gasteiger partial charge in [-0.15, -0.1) is 0 Å². The van der Waals surface area contributed by atoms with Crippen molar-refractivity contribution in [2.75, 3.05) is 0 Å². The van der Waals surface area contributed by atoms with Gasteiger partial charge in [0.05, 0.1) is 11.7 Å². The maximum Gasteiger partial charge on any atom is 0.417 e. The van der Waals surface area contributed by atoms with Gasteiger partial charge in [-0.25, -0.2) is 4.98 Å². The van der Waals surface area contributed by atoms with Crippen LogP contribution in [-0.2, 0) is 6.18 Å². The highest BCUT2D eigenvalue weighted by atomic mass is 32.2. The van der Waals surface area contributed by atoms with Gasteiger partial charge in [0, 0.05) is 11.1 Å². The summed E-state index contributed by atoms with van der Waals surface area (Å²) in [7, 11) is 0. The summed E-state index contributed by atoms with van der Waals surface area (Å²) in [6.45, 7) is 1.86. The Morgan fingerprint density at radius 2 is 1.90 bits per heavy atom. The second-order valence-electron chi connectivity index (χ2n) is 4.45. The van der Waals surface area contributed by atoms with Crippen LogP contribution in [0.15, 0.2) is 52.5 Å². The summed E-state index contributed by atoms with van der Waals surface area (Å²) in [4.78, 5) is 4.62. The van der Waals surface area contributed by atoms with E-state index in [-0.39, 0.29) is 0 Å². The molecule has 1 unspecified atom stereocenters. The van der Waals surface area contributed by atoms with Crippen molar-refractivity contribution in [1.82, 2.24) is 4.98 Å². The lowest BCUT2D eigenvalue weighted by Gasteiger charge is -2.13. The molecule has 6 heteroatoms. The molecule has 0 aliphatic rings. The predicted octanol–water partition coefficient (Wildman–Crippen LogP) is 4.70. The molecule has 1 heterocycles. The molecule has 2 nitrogen and oxygen atoms in total. The topological polar surface area (TPSA) is 33.1 Å². The minimum absolute atomic E-state index is 0.457. The van der Waals surface area contributed by atoms with Crippen LogP contribution in [0.4, 0.5) is 13.2 Å². The number of halogens is 3. The van der Waals surface area contributed by atoms with Crippen molar-refractivity contribution in [2.24, 2.45) is 0 Å². The van der Waals surface area contributed by atoms with Crippen LogP contribution in [0.3, 0.4) is 0 Å². The SMILES string of the molecule is CCC(O)c1ccccc1Sc1ccc(C(F)(F)F)cn1. The van der Waals surface area contributed by atoms with Crippen molar-refractivity contribution in [2.45, 2.75) is 35.5 Å². The number of aliphatic hydroxyl groups excluding tert-OH is 1. The van der Waals surface area contributed by atoms with Crippen LogP contribution in [0.5, 0.6) is 0 Å². The molecular formula is C15H14F3NOS. The molecule has 2 rings (SSSR count). The van der Waals surface area contributed by atoms with Gasteiger partial charge < -0.3 is 5.11 Å². The van der Waals surface area contributed by atoms with E-state index in [4.69, 9.17) is 0 Å². The van der Waals surface area contributed by atoms with E-state index in [1.807, 2.05) is 25.1 Å². The van der Waals surface area contributed by atoms with Crippen LogP contribution in [0.1, 0.15) is 30.6 Å². The highest BCUT2D eigenvalue weighted by molar-refractivity contribution is 7.99. The third kappa shape index (κ3) is 3.98. The van der Waals surface area contributed by atoms with Crippen molar-refractivity contribution in [1.29, 1.82) is 0 Å². The van der Waals surface area contributed by atoms with E-state index in [1.54, 1.807) is 6.07 Å². The fourth-order valence-electron chi connectivity index (χ4n) is 1.79. The first-order chi connectivity index (χ1) is 9.91. The molecule has 1 aromatic carbocycles. The molecule has 0 aliphatic heterocycles. The third-order valence-electron chi connectivity index (χ3n) is 2.94. The molecule has 0 saturated heterocycles. The smallest absolute Gasteiger partial charge is 0.388 e. The number of aromatic nitrogens is 1. The van der Waals surface area contributed by atoms with Gasteiger partial charge in [0.2, 0.25) is 0 Å². The lowest BCUT2D eigenvalue weighted by atomic mass is 10.1. The van der Waals surface area contributed by atoms with Gasteiger partial charge in [-0.2, -0.15) is 13.2 Å². The van der Waals surface area contributed by atoms with Crippen LogP contribution in [-0.4, -0.2) is 10.1 Å². The largest absolute Gasteiger partial charge is 0.417 e. The van der Waals surface area contributed by atoms with Crippen molar-refractivity contribution >= 4 is 11.8 Å². The summed E-state index contributed by atoms with van der Waals surface area (Å²) in [5.41, 5.74) is -0.0135. The quantitative estimate of drug-likeness (QED) is 0.888. The predicted molar refractivity (Wildman–Crippen MR) is 75.1 cm³/mol. The molecule has 0 spiro atoms. The van der Waals surface area contributed by atoms with E-state index < -0.39 is 17.8 Å². The Balaban J connectivity index is 2.23. The molecule has 2 aromatic rings. The fourth-order valence-corrected chi connectivity index (χ4v) is 2.73. The minimum atomic E-state index is -4.38. The van der Waals surface area contributed by atoms with E-state index in [1.165, 1.54) is 17.8 Å². The lowest BCUT2D eigenvalue weighted by molar-refractivity contribution is -0.137. The van der Waals surface area contributed by atoms with Gasteiger partial charge in [0.15, 0.2) is 0 Å². The van der Waals surface area contributed by atoms with E-state index in [9.17, 15) is 18.3 Å². The van der Waals surface area contributed by atoms with Gasteiger partial charge in [-0.1, -0.05) is 36.9 Å². The van der Waals surface area contributed by atoms with Crippen molar-refractivity contribution < 1.29 is 18.3 Å². The van der Waals surface area contributed by atoms with Gasteiger partial charge in [-0.05, 0) is 30.2 Å². The van der Waals surface area contributed by atoms with Crippen LogP contribution in [0, 0.1) is 0 Å². The molecule has 112 valence electrons. The Morgan fingerprint density at radius 1 is 1.19 bits per heavy atom. The number of hydrogen-bond acceptors (Lipinski definition) is 3. The zero-order valence-corrected chi connectivity index (χ0v) is 12.1. The van der Waals surface area contributed by atoms with Crippen molar-refractivity contribution in [3.63, 3.8) is 0 Å². The van der Waals surface area contributed by atoms with Crippen LogP contribution < -0.4 is 0 Å². The normalized spacial score (nSPS) is 13.2. The minimum Gasteiger partial charge on any atom is -0.388 e.